The van der Waals surface area contributed by atoms with Crippen molar-refractivity contribution in [3.63, 3.8) is 0 Å². The molecule has 2 aromatic rings. The standard InChI is InChI=1S/C20H25F3N4O/c1-14(2)27-12-17(24-13-27)19(28)25(3)15-8-10-26(11-9-15)18-7-5-4-6-16(18)20(21,22)23/h4-7,12-15H,8-11H2,1-3H3. The molecule has 152 valence electrons. The average Bonchev–Trinajstić information content (AvgIpc) is 3.17. The van der Waals surface area contributed by atoms with Crippen LogP contribution in [0.25, 0.3) is 0 Å². The van der Waals surface area contributed by atoms with E-state index in [1.165, 1.54) is 12.1 Å². The summed E-state index contributed by atoms with van der Waals surface area (Å²) < 4.78 is 41.7. The monoisotopic (exact) mass is 394 g/mol. The number of rotatable bonds is 4. The molecule has 0 aliphatic carbocycles. The molecular weight excluding hydrogens is 369 g/mol. The van der Waals surface area contributed by atoms with Crippen LogP contribution in [0, 0.1) is 0 Å². The lowest BCUT2D eigenvalue weighted by atomic mass is 10.0. The fourth-order valence-electron chi connectivity index (χ4n) is 3.56. The van der Waals surface area contributed by atoms with Crippen LogP contribution >= 0.6 is 0 Å². The first-order chi connectivity index (χ1) is 13.2. The number of carbonyl (C=O) groups excluding carboxylic acids is 1. The second-order valence-electron chi connectivity index (χ2n) is 7.45. The Morgan fingerprint density at radius 3 is 2.43 bits per heavy atom. The molecule has 1 aromatic carbocycles. The first kappa shape index (κ1) is 20.2. The van der Waals surface area contributed by atoms with E-state index in [4.69, 9.17) is 0 Å². The number of para-hydroxylation sites is 1. The summed E-state index contributed by atoms with van der Waals surface area (Å²) in [6.45, 7) is 4.95. The van der Waals surface area contributed by atoms with Crippen molar-refractivity contribution < 1.29 is 18.0 Å². The number of hydrogen-bond donors (Lipinski definition) is 0. The highest BCUT2D eigenvalue weighted by molar-refractivity contribution is 5.92. The minimum atomic E-state index is -4.38. The zero-order valence-electron chi connectivity index (χ0n) is 16.3. The van der Waals surface area contributed by atoms with E-state index >= 15 is 0 Å². The van der Waals surface area contributed by atoms with Gasteiger partial charge in [-0.15, -0.1) is 0 Å². The van der Waals surface area contributed by atoms with Crippen LogP contribution in [0.5, 0.6) is 0 Å². The zero-order chi connectivity index (χ0) is 20.5. The lowest BCUT2D eigenvalue weighted by Crippen LogP contribution is -2.46. The van der Waals surface area contributed by atoms with Gasteiger partial charge in [0, 0.05) is 44.1 Å². The molecule has 1 aromatic heterocycles. The van der Waals surface area contributed by atoms with Crippen molar-refractivity contribution in [2.45, 2.75) is 44.9 Å². The number of nitrogens with zero attached hydrogens (tertiary/aromatic N) is 4. The third-order valence-corrected chi connectivity index (χ3v) is 5.30. The number of amides is 1. The van der Waals surface area contributed by atoms with Crippen molar-refractivity contribution in [2.24, 2.45) is 0 Å². The fourth-order valence-corrected chi connectivity index (χ4v) is 3.56. The summed E-state index contributed by atoms with van der Waals surface area (Å²) in [5.41, 5.74) is -0.0174. The van der Waals surface area contributed by atoms with Crippen molar-refractivity contribution in [2.75, 3.05) is 25.0 Å². The summed E-state index contributed by atoms with van der Waals surface area (Å²) in [6, 6.07) is 5.85. The molecule has 3 rings (SSSR count). The van der Waals surface area contributed by atoms with Crippen molar-refractivity contribution in [1.29, 1.82) is 0 Å². The van der Waals surface area contributed by atoms with Gasteiger partial charge in [0.15, 0.2) is 0 Å². The fraction of sp³-hybridized carbons (Fsp3) is 0.500. The molecule has 1 amide bonds. The molecule has 1 fully saturated rings. The molecule has 5 nitrogen and oxygen atoms in total. The summed E-state index contributed by atoms with van der Waals surface area (Å²) in [5, 5.41) is 0. The van der Waals surface area contributed by atoms with E-state index in [1.54, 1.807) is 35.4 Å². The Kier molecular flexibility index (Phi) is 5.67. The molecule has 8 heteroatoms. The molecule has 0 N–H and O–H groups in total. The van der Waals surface area contributed by atoms with Crippen LogP contribution in [0.3, 0.4) is 0 Å². The third-order valence-electron chi connectivity index (χ3n) is 5.30. The Hall–Kier alpha value is -2.51. The Labute approximate surface area is 162 Å². The topological polar surface area (TPSA) is 41.4 Å². The predicted octanol–water partition coefficient (Wildman–Crippen LogP) is 4.22. The van der Waals surface area contributed by atoms with Crippen molar-refractivity contribution in [3.8, 4) is 0 Å². The predicted molar refractivity (Wildman–Crippen MR) is 101 cm³/mol. The quantitative estimate of drug-likeness (QED) is 0.780. The van der Waals surface area contributed by atoms with Crippen LogP contribution in [0.4, 0.5) is 18.9 Å². The van der Waals surface area contributed by atoms with Crippen molar-refractivity contribution >= 4 is 11.6 Å². The van der Waals surface area contributed by atoms with Gasteiger partial charge in [-0.2, -0.15) is 13.2 Å². The largest absolute Gasteiger partial charge is 0.418 e. The van der Waals surface area contributed by atoms with E-state index < -0.39 is 11.7 Å². The minimum Gasteiger partial charge on any atom is -0.371 e. The first-order valence-electron chi connectivity index (χ1n) is 9.40. The first-order valence-corrected chi connectivity index (χ1v) is 9.40. The Balaban J connectivity index is 1.66. The molecule has 2 heterocycles. The van der Waals surface area contributed by atoms with Crippen LogP contribution in [0.2, 0.25) is 0 Å². The second-order valence-corrected chi connectivity index (χ2v) is 7.45. The average molecular weight is 394 g/mol. The third kappa shape index (κ3) is 4.15. The molecule has 0 bridgehead atoms. The summed E-state index contributed by atoms with van der Waals surface area (Å²) in [6.07, 6.45) is 0.217. The number of imidazole rings is 1. The maximum Gasteiger partial charge on any atom is 0.418 e. The Morgan fingerprint density at radius 2 is 1.86 bits per heavy atom. The van der Waals surface area contributed by atoms with E-state index in [9.17, 15) is 18.0 Å². The van der Waals surface area contributed by atoms with Gasteiger partial charge in [0.1, 0.15) is 5.69 Å². The number of anilines is 1. The molecule has 0 radical (unpaired) electrons. The van der Waals surface area contributed by atoms with Crippen LogP contribution in [-0.2, 0) is 6.18 Å². The molecule has 1 aliphatic heterocycles. The number of piperidine rings is 1. The minimum absolute atomic E-state index is 0.0222. The summed E-state index contributed by atoms with van der Waals surface area (Å²) >= 11 is 0. The molecule has 0 atom stereocenters. The number of alkyl halides is 3. The number of carbonyl (C=O) groups is 1. The van der Waals surface area contributed by atoms with Gasteiger partial charge in [-0.25, -0.2) is 4.98 Å². The van der Waals surface area contributed by atoms with Gasteiger partial charge in [-0.05, 0) is 38.8 Å². The number of aromatic nitrogens is 2. The van der Waals surface area contributed by atoms with Gasteiger partial charge >= 0.3 is 6.18 Å². The number of benzene rings is 1. The maximum atomic E-state index is 13.3. The molecule has 28 heavy (non-hydrogen) atoms. The smallest absolute Gasteiger partial charge is 0.371 e. The van der Waals surface area contributed by atoms with Gasteiger partial charge in [0.2, 0.25) is 0 Å². The Morgan fingerprint density at radius 1 is 1.21 bits per heavy atom. The molecule has 0 unspecified atom stereocenters. The molecule has 1 saturated heterocycles. The lowest BCUT2D eigenvalue weighted by molar-refractivity contribution is -0.137. The summed E-state index contributed by atoms with van der Waals surface area (Å²) in [4.78, 5) is 20.3. The van der Waals surface area contributed by atoms with E-state index in [2.05, 4.69) is 4.98 Å². The normalized spacial score (nSPS) is 15.9. The van der Waals surface area contributed by atoms with E-state index in [0.29, 0.717) is 31.6 Å². The van der Waals surface area contributed by atoms with Gasteiger partial charge < -0.3 is 14.4 Å². The molecule has 0 saturated carbocycles. The highest BCUT2D eigenvalue weighted by Crippen LogP contribution is 2.37. The highest BCUT2D eigenvalue weighted by Gasteiger charge is 2.36. The van der Waals surface area contributed by atoms with Crippen molar-refractivity contribution in [3.05, 3.63) is 48.0 Å². The molecule has 1 aliphatic rings. The van der Waals surface area contributed by atoms with E-state index in [0.717, 1.165) is 6.07 Å². The number of hydrogen-bond acceptors (Lipinski definition) is 3. The van der Waals surface area contributed by atoms with Crippen LogP contribution in [-0.4, -0.2) is 46.5 Å². The van der Waals surface area contributed by atoms with E-state index in [-0.39, 0.29) is 23.7 Å². The summed E-state index contributed by atoms with van der Waals surface area (Å²) in [5.74, 6) is -0.159. The van der Waals surface area contributed by atoms with Crippen LogP contribution in [0.1, 0.15) is 48.8 Å². The van der Waals surface area contributed by atoms with Gasteiger partial charge in [-0.1, -0.05) is 12.1 Å². The van der Waals surface area contributed by atoms with Gasteiger partial charge in [0.25, 0.3) is 5.91 Å². The van der Waals surface area contributed by atoms with E-state index in [1.807, 2.05) is 18.4 Å². The van der Waals surface area contributed by atoms with Crippen LogP contribution < -0.4 is 4.90 Å². The maximum absolute atomic E-state index is 13.3. The van der Waals surface area contributed by atoms with Crippen molar-refractivity contribution in [1.82, 2.24) is 14.5 Å². The Bertz CT molecular complexity index is 823. The second kappa shape index (κ2) is 7.85. The SMILES string of the molecule is CC(C)n1cnc(C(=O)N(C)C2CCN(c3ccccc3C(F)(F)F)CC2)c1. The van der Waals surface area contributed by atoms with Gasteiger partial charge in [0.05, 0.1) is 11.9 Å². The molecule has 0 spiro atoms. The van der Waals surface area contributed by atoms with Gasteiger partial charge in [-0.3, -0.25) is 4.79 Å². The number of halogens is 3. The summed E-state index contributed by atoms with van der Waals surface area (Å²) in [7, 11) is 1.74. The van der Waals surface area contributed by atoms with Crippen LogP contribution in [0.15, 0.2) is 36.8 Å². The highest BCUT2D eigenvalue weighted by atomic mass is 19.4. The zero-order valence-corrected chi connectivity index (χ0v) is 16.3. The molecular formula is C20H25F3N4O. The lowest BCUT2D eigenvalue weighted by Gasteiger charge is -2.38.